The molecular weight excluding hydrogens is 202 g/mol. The fourth-order valence-corrected chi connectivity index (χ4v) is 2.02. The second kappa shape index (κ2) is 5.09. The van der Waals surface area contributed by atoms with Crippen molar-refractivity contribution >= 4 is 5.91 Å². The van der Waals surface area contributed by atoms with E-state index in [4.69, 9.17) is 5.73 Å². The lowest BCUT2D eigenvalue weighted by Crippen LogP contribution is -2.36. The highest BCUT2D eigenvalue weighted by atomic mass is 16.2. The normalized spacial score (nSPS) is 21.1. The maximum atomic E-state index is 11.4. The molecule has 1 fully saturated rings. The summed E-state index contributed by atoms with van der Waals surface area (Å²) in [5.41, 5.74) is 9.54. The smallest absolute Gasteiger partial charge is 0.236 e. The van der Waals surface area contributed by atoms with Crippen LogP contribution in [0.3, 0.4) is 0 Å². The van der Waals surface area contributed by atoms with E-state index in [2.05, 4.69) is 17.6 Å². The van der Waals surface area contributed by atoms with E-state index in [1.807, 2.05) is 23.2 Å². The van der Waals surface area contributed by atoms with Gasteiger partial charge in [-0.1, -0.05) is 30.3 Å². The molecule has 1 aliphatic rings. The highest BCUT2D eigenvalue weighted by Gasteiger charge is 2.30. The van der Waals surface area contributed by atoms with Gasteiger partial charge in [-0.25, -0.2) is 5.01 Å². The van der Waals surface area contributed by atoms with Crippen LogP contribution in [0.15, 0.2) is 30.3 Å². The minimum absolute atomic E-state index is 0.0888. The molecule has 0 aromatic heterocycles. The number of amides is 1. The maximum Gasteiger partial charge on any atom is 0.236 e. The van der Waals surface area contributed by atoms with Crippen molar-refractivity contribution < 1.29 is 4.79 Å². The van der Waals surface area contributed by atoms with E-state index in [0.29, 0.717) is 13.0 Å². The zero-order valence-electron chi connectivity index (χ0n) is 9.23. The molecule has 0 radical (unpaired) electrons. The third-order valence-electron chi connectivity index (χ3n) is 2.81. The van der Waals surface area contributed by atoms with Crippen molar-refractivity contribution in [3.05, 3.63) is 35.9 Å². The number of hydrogen-bond donors (Lipinski definition) is 2. The Morgan fingerprint density at radius 2 is 2.12 bits per heavy atom. The fraction of sp³-hybridized carbons (Fsp3) is 0.417. The van der Waals surface area contributed by atoms with Gasteiger partial charge in [0.25, 0.3) is 0 Å². The highest BCUT2D eigenvalue weighted by molar-refractivity contribution is 5.78. The van der Waals surface area contributed by atoms with Crippen LogP contribution in [-0.4, -0.2) is 24.0 Å². The van der Waals surface area contributed by atoms with E-state index < -0.39 is 0 Å². The van der Waals surface area contributed by atoms with Crippen LogP contribution in [0.1, 0.15) is 24.4 Å². The first-order chi connectivity index (χ1) is 7.81. The van der Waals surface area contributed by atoms with E-state index in [0.717, 1.165) is 13.0 Å². The number of hydrogen-bond acceptors (Lipinski definition) is 3. The largest absolute Gasteiger partial charge is 0.330 e. The average molecular weight is 219 g/mol. The summed E-state index contributed by atoms with van der Waals surface area (Å²) in [6.45, 7) is 1.45. The minimum Gasteiger partial charge on any atom is -0.330 e. The number of carbonyl (C=O) groups is 1. The van der Waals surface area contributed by atoms with Crippen LogP contribution in [0.25, 0.3) is 0 Å². The Hall–Kier alpha value is -1.39. The first-order valence-electron chi connectivity index (χ1n) is 5.62. The Morgan fingerprint density at radius 3 is 2.81 bits per heavy atom. The van der Waals surface area contributed by atoms with Crippen LogP contribution < -0.4 is 11.2 Å². The third-order valence-corrected chi connectivity index (χ3v) is 2.81. The molecule has 0 aliphatic carbocycles. The summed E-state index contributed by atoms with van der Waals surface area (Å²) in [6, 6.07) is 10.2. The molecule has 1 aliphatic heterocycles. The van der Waals surface area contributed by atoms with Crippen molar-refractivity contribution in [1.29, 1.82) is 0 Å². The van der Waals surface area contributed by atoms with Gasteiger partial charge in [0.15, 0.2) is 0 Å². The number of nitrogens with two attached hydrogens (primary N) is 1. The van der Waals surface area contributed by atoms with Gasteiger partial charge in [-0.3, -0.25) is 10.2 Å². The van der Waals surface area contributed by atoms with E-state index in [-0.39, 0.29) is 11.9 Å². The molecule has 0 saturated carbocycles. The molecule has 1 atom stereocenters. The van der Waals surface area contributed by atoms with Gasteiger partial charge < -0.3 is 5.73 Å². The second-order valence-corrected chi connectivity index (χ2v) is 4.00. The van der Waals surface area contributed by atoms with Gasteiger partial charge in [-0.15, -0.1) is 0 Å². The SMILES string of the molecule is NCCCN1NC(=O)CC1c1ccccc1. The van der Waals surface area contributed by atoms with Crippen LogP contribution in [0.4, 0.5) is 0 Å². The summed E-state index contributed by atoms with van der Waals surface area (Å²) >= 11 is 0. The van der Waals surface area contributed by atoms with Crippen molar-refractivity contribution in [1.82, 2.24) is 10.4 Å². The topological polar surface area (TPSA) is 58.4 Å². The molecule has 4 nitrogen and oxygen atoms in total. The van der Waals surface area contributed by atoms with Crippen molar-refractivity contribution in [2.75, 3.05) is 13.1 Å². The van der Waals surface area contributed by atoms with E-state index in [1.54, 1.807) is 0 Å². The predicted octanol–water partition coefficient (Wildman–Crippen LogP) is 0.813. The molecule has 0 bridgehead atoms. The first-order valence-corrected chi connectivity index (χ1v) is 5.62. The molecule has 1 saturated heterocycles. The van der Waals surface area contributed by atoms with Crippen LogP contribution in [0, 0.1) is 0 Å². The van der Waals surface area contributed by atoms with Crippen molar-refractivity contribution in [3.63, 3.8) is 0 Å². The van der Waals surface area contributed by atoms with E-state index in [9.17, 15) is 4.79 Å². The lowest BCUT2D eigenvalue weighted by Gasteiger charge is -2.23. The summed E-state index contributed by atoms with van der Waals surface area (Å²) in [6.07, 6.45) is 1.43. The standard InChI is InChI=1S/C12H17N3O/c13-7-4-8-15-11(9-12(16)14-15)10-5-2-1-3-6-10/h1-3,5-6,11H,4,7-9,13H2,(H,14,16). The Kier molecular flexibility index (Phi) is 3.54. The summed E-state index contributed by atoms with van der Waals surface area (Å²) < 4.78 is 0. The zero-order valence-corrected chi connectivity index (χ0v) is 9.23. The average Bonchev–Trinajstić information content (AvgIpc) is 2.69. The van der Waals surface area contributed by atoms with Gasteiger partial charge >= 0.3 is 0 Å². The predicted molar refractivity (Wildman–Crippen MR) is 62.3 cm³/mol. The van der Waals surface area contributed by atoms with Gasteiger partial charge in [0.1, 0.15) is 0 Å². The Bertz CT molecular complexity index is 353. The summed E-state index contributed by atoms with van der Waals surface area (Å²) in [5.74, 6) is 0.0888. The molecule has 86 valence electrons. The quantitative estimate of drug-likeness (QED) is 0.788. The number of carbonyl (C=O) groups excluding carboxylic acids is 1. The van der Waals surface area contributed by atoms with Gasteiger partial charge in [0.05, 0.1) is 6.04 Å². The van der Waals surface area contributed by atoms with Crippen LogP contribution >= 0.6 is 0 Å². The summed E-state index contributed by atoms with van der Waals surface area (Å²) in [5, 5.41) is 1.99. The molecule has 1 amide bonds. The zero-order chi connectivity index (χ0) is 11.4. The highest BCUT2D eigenvalue weighted by Crippen LogP contribution is 2.26. The third kappa shape index (κ3) is 2.40. The van der Waals surface area contributed by atoms with E-state index in [1.165, 1.54) is 5.56 Å². The molecule has 16 heavy (non-hydrogen) atoms. The van der Waals surface area contributed by atoms with Crippen molar-refractivity contribution in [2.45, 2.75) is 18.9 Å². The molecule has 1 aromatic carbocycles. The molecule has 0 spiro atoms. The second-order valence-electron chi connectivity index (χ2n) is 4.00. The van der Waals surface area contributed by atoms with Crippen molar-refractivity contribution in [2.24, 2.45) is 5.73 Å². The van der Waals surface area contributed by atoms with Crippen LogP contribution in [-0.2, 0) is 4.79 Å². The molecule has 1 aromatic rings. The number of hydrazine groups is 1. The number of nitrogens with one attached hydrogen (secondary N) is 1. The first kappa shape index (κ1) is 11.1. The Balaban J connectivity index is 2.09. The minimum atomic E-state index is 0.0888. The van der Waals surface area contributed by atoms with Gasteiger partial charge in [-0.05, 0) is 18.5 Å². The molecule has 1 heterocycles. The van der Waals surface area contributed by atoms with Crippen LogP contribution in [0.5, 0.6) is 0 Å². The number of benzene rings is 1. The summed E-state index contributed by atoms with van der Waals surface area (Å²) in [4.78, 5) is 11.4. The molecular formula is C12H17N3O. The van der Waals surface area contributed by atoms with Gasteiger partial charge in [0, 0.05) is 13.0 Å². The summed E-state index contributed by atoms with van der Waals surface area (Å²) in [7, 11) is 0. The monoisotopic (exact) mass is 219 g/mol. The van der Waals surface area contributed by atoms with Crippen molar-refractivity contribution in [3.8, 4) is 0 Å². The fourth-order valence-electron chi connectivity index (χ4n) is 2.02. The molecule has 4 heteroatoms. The lowest BCUT2D eigenvalue weighted by atomic mass is 10.0. The lowest BCUT2D eigenvalue weighted by molar-refractivity contribution is -0.121. The van der Waals surface area contributed by atoms with Gasteiger partial charge in [-0.2, -0.15) is 0 Å². The maximum absolute atomic E-state index is 11.4. The van der Waals surface area contributed by atoms with E-state index >= 15 is 0 Å². The molecule has 1 unspecified atom stereocenters. The van der Waals surface area contributed by atoms with Gasteiger partial charge in [0.2, 0.25) is 5.91 Å². The Morgan fingerprint density at radius 1 is 1.38 bits per heavy atom. The number of nitrogens with zero attached hydrogens (tertiary/aromatic N) is 1. The molecule has 2 rings (SSSR count). The molecule has 3 N–H and O–H groups in total. The number of rotatable bonds is 4. The van der Waals surface area contributed by atoms with Crippen LogP contribution in [0.2, 0.25) is 0 Å². The Labute approximate surface area is 95.4 Å².